The fourth-order valence-corrected chi connectivity index (χ4v) is 3.60. The number of imidazole rings is 1. The molecule has 11 heteroatoms. The summed E-state index contributed by atoms with van der Waals surface area (Å²) in [5, 5.41) is 12.6. The summed E-state index contributed by atoms with van der Waals surface area (Å²) < 4.78 is 37.8. The zero-order chi connectivity index (χ0) is 20.1. The molecule has 0 aliphatic heterocycles. The van der Waals surface area contributed by atoms with Crippen molar-refractivity contribution in [2.24, 2.45) is 0 Å². The first kappa shape index (κ1) is 20.2. The first-order chi connectivity index (χ1) is 13.5. The Morgan fingerprint density at radius 1 is 1.18 bits per heavy atom. The van der Waals surface area contributed by atoms with Gasteiger partial charge in [0.1, 0.15) is 5.75 Å². The van der Waals surface area contributed by atoms with E-state index in [0.717, 1.165) is 16.5 Å². The smallest absolute Gasteiger partial charge is 0.387 e. The van der Waals surface area contributed by atoms with Crippen LogP contribution in [0.15, 0.2) is 29.4 Å². The number of alkyl halides is 2. The molecule has 0 unspecified atom stereocenters. The number of ether oxygens (including phenoxy) is 2. The predicted octanol–water partition coefficient (Wildman–Crippen LogP) is 3.02. The molecule has 0 aliphatic rings. The standard InChI is InChI=1S/C17H20F2N6O2S/c1-11-12(2)24(8-9-26-3)17(20-11)28-10-15-21-22-23-25(15)13-4-6-14(7-5-13)27-16(18)19/h4-7,16H,8-10H2,1-3H3. The number of methoxy groups -OCH3 is 1. The number of thioether (sulfide) groups is 1. The lowest BCUT2D eigenvalue weighted by Crippen LogP contribution is -2.08. The zero-order valence-electron chi connectivity index (χ0n) is 15.7. The lowest BCUT2D eigenvalue weighted by Gasteiger charge is -2.09. The molecule has 1 aromatic carbocycles. The third-order valence-electron chi connectivity index (χ3n) is 4.11. The van der Waals surface area contributed by atoms with Crippen molar-refractivity contribution in [3.05, 3.63) is 41.5 Å². The summed E-state index contributed by atoms with van der Waals surface area (Å²) in [5.74, 6) is 1.18. The molecule has 0 atom stereocenters. The van der Waals surface area contributed by atoms with Crippen LogP contribution in [0, 0.1) is 13.8 Å². The van der Waals surface area contributed by atoms with Crippen LogP contribution >= 0.6 is 11.8 Å². The van der Waals surface area contributed by atoms with Crippen LogP contribution in [-0.4, -0.2) is 50.1 Å². The summed E-state index contributed by atoms with van der Waals surface area (Å²) in [6, 6.07) is 6.14. The van der Waals surface area contributed by atoms with Gasteiger partial charge in [-0.25, -0.2) is 4.98 Å². The van der Waals surface area contributed by atoms with Crippen LogP contribution in [0.25, 0.3) is 5.69 Å². The number of rotatable bonds is 9. The summed E-state index contributed by atoms with van der Waals surface area (Å²) in [4.78, 5) is 4.61. The molecule has 2 heterocycles. The number of aryl methyl sites for hydroxylation is 1. The molecule has 8 nitrogen and oxygen atoms in total. The van der Waals surface area contributed by atoms with Gasteiger partial charge in [-0.05, 0) is 48.5 Å². The molecule has 0 saturated carbocycles. The van der Waals surface area contributed by atoms with E-state index in [9.17, 15) is 8.78 Å². The van der Waals surface area contributed by atoms with Gasteiger partial charge in [0.15, 0.2) is 11.0 Å². The van der Waals surface area contributed by atoms with Crippen LogP contribution in [-0.2, 0) is 17.0 Å². The van der Waals surface area contributed by atoms with Gasteiger partial charge in [0.05, 0.1) is 23.7 Å². The summed E-state index contributed by atoms with van der Waals surface area (Å²) >= 11 is 1.52. The third kappa shape index (κ3) is 4.65. The molecule has 0 saturated heterocycles. The van der Waals surface area contributed by atoms with Crippen molar-refractivity contribution in [1.82, 2.24) is 29.8 Å². The van der Waals surface area contributed by atoms with Crippen molar-refractivity contribution in [2.75, 3.05) is 13.7 Å². The summed E-state index contributed by atoms with van der Waals surface area (Å²) in [7, 11) is 1.66. The monoisotopic (exact) mass is 410 g/mol. The van der Waals surface area contributed by atoms with Gasteiger partial charge in [-0.15, -0.1) is 5.10 Å². The molecule has 150 valence electrons. The lowest BCUT2D eigenvalue weighted by molar-refractivity contribution is -0.0498. The molecule has 0 bridgehead atoms. The first-order valence-corrected chi connectivity index (χ1v) is 9.46. The van der Waals surface area contributed by atoms with Gasteiger partial charge in [0.2, 0.25) is 0 Å². The molecule has 0 spiro atoms. The lowest BCUT2D eigenvalue weighted by atomic mass is 10.3. The maximum absolute atomic E-state index is 12.3. The maximum Gasteiger partial charge on any atom is 0.387 e. The Labute approximate surface area is 164 Å². The van der Waals surface area contributed by atoms with Crippen LogP contribution in [0.2, 0.25) is 0 Å². The molecule has 3 rings (SSSR count). The zero-order valence-corrected chi connectivity index (χ0v) is 16.5. The number of halogens is 2. The summed E-state index contributed by atoms with van der Waals surface area (Å²) in [5.41, 5.74) is 2.71. The van der Waals surface area contributed by atoms with Crippen molar-refractivity contribution in [2.45, 2.75) is 37.9 Å². The van der Waals surface area contributed by atoms with E-state index >= 15 is 0 Å². The highest BCUT2D eigenvalue weighted by molar-refractivity contribution is 7.98. The Balaban J connectivity index is 1.74. The van der Waals surface area contributed by atoms with Gasteiger partial charge in [-0.3, -0.25) is 0 Å². The number of tetrazole rings is 1. The van der Waals surface area contributed by atoms with Crippen LogP contribution in [0.4, 0.5) is 8.78 Å². The van der Waals surface area contributed by atoms with Gasteiger partial charge >= 0.3 is 6.61 Å². The van der Waals surface area contributed by atoms with Crippen molar-refractivity contribution in [3.63, 3.8) is 0 Å². The Bertz CT molecular complexity index is 913. The molecular weight excluding hydrogens is 390 g/mol. The minimum absolute atomic E-state index is 0.0777. The average Bonchev–Trinajstić information content (AvgIpc) is 3.24. The van der Waals surface area contributed by atoms with Crippen LogP contribution in [0.5, 0.6) is 5.75 Å². The minimum atomic E-state index is -2.86. The Hall–Kier alpha value is -2.53. The summed E-state index contributed by atoms with van der Waals surface area (Å²) in [6.45, 7) is 2.43. The second-order valence-electron chi connectivity index (χ2n) is 5.88. The Morgan fingerprint density at radius 2 is 1.93 bits per heavy atom. The van der Waals surface area contributed by atoms with Crippen molar-refractivity contribution < 1.29 is 18.3 Å². The average molecular weight is 410 g/mol. The van der Waals surface area contributed by atoms with Gasteiger partial charge in [-0.1, -0.05) is 11.8 Å². The minimum Gasteiger partial charge on any atom is -0.435 e. The Kier molecular flexibility index (Phi) is 6.57. The molecule has 28 heavy (non-hydrogen) atoms. The third-order valence-corrected chi connectivity index (χ3v) is 5.09. The van der Waals surface area contributed by atoms with E-state index in [4.69, 9.17) is 4.74 Å². The molecule has 0 radical (unpaired) electrons. The van der Waals surface area contributed by atoms with E-state index in [1.807, 2.05) is 13.8 Å². The second kappa shape index (κ2) is 9.11. The van der Waals surface area contributed by atoms with Gasteiger partial charge in [0.25, 0.3) is 0 Å². The largest absolute Gasteiger partial charge is 0.435 e. The number of benzene rings is 1. The number of hydrogen-bond acceptors (Lipinski definition) is 7. The van der Waals surface area contributed by atoms with Crippen molar-refractivity contribution >= 4 is 11.8 Å². The fourth-order valence-electron chi connectivity index (χ4n) is 2.57. The molecule has 0 N–H and O–H groups in total. The molecular formula is C17H20F2N6O2S. The highest BCUT2D eigenvalue weighted by Gasteiger charge is 2.15. The Morgan fingerprint density at radius 3 is 2.61 bits per heavy atom. The molecule has 0 amide bonds. The highest BCUT2D eigenvalue weighted by atomic mass is 32.2. The maximum atomic E-state index is 12.3. The van der Waals surface area contributed by atoms with E-state index in [0.29, 0.717) is 30.4 Å². The fraction of sp³-hybridized carbons (Fsp3) is 0.412. The van der Waals surface area contributed by atoms with E-state index in [1.165, 1.54) is 23.9 Å². The van der Waals surface area contributed by atoms with Gasteiger partial charge in [-0.2, -0.15) is 13.5 Å². The van der Waals surface area contributed by atoms with Gasteiger partial charge < -0.3 is 14.0 Å². The number of aromatic nitrogens is 6. The highest BCUT2D eigenvalue weighted by Crippen LogP contribution is 2.25. The van der Waals surface area contributed by atoms with Gasteiger partial charge in [0, 0.05) is 19.3 Å². The predicted molar refractivity (Wildman–Crippen MR) is 98.9 cm³/mol. The van der Waals surface area contributed by atoms with E-state index in [1.54, 1.807) is 23.9 Å². The van der Waals surface area contributed by atoms with Crippen molar-refractivity contribution in [3.8, 4) is 11.4 Å². The summed E-state index contributed by atoms with van der Waals surface area (Å²) in [6.07, 6.45) is 0. The van der Waals surface area contributed by atoms with E-state index < -0.39 is 6.61 Å². The topological polar surface area (TPSA) is 79.9 Å². The normalized spacial score (nSPS) is 11.4. The molecule has 3 aromatic rings. The first-order valence-electron chi connectivity index (χ1n) is 8.47. The molecule has 2 aromatic heterocycles. The van der Waals surface area contributed by atoms with E-state index in [-0.39, 0.29) is 5.75 Å². The quantitative estimate of drug-likeness (QED) is 0.502. The number of hydrogen-bond donors (Lipinski definition) is 0. The molecule has 0 aliphatic carbocycles. The number of nitrogens with zero attached hydrogens (tertiary/aromatic N) is 6. The SMILES string of the molecule is COCCn1c(SCc2nnnn2-c2ccc(OC(F)F)cc2)nc(C)c1C. The van der Waals surface area contributed by atoms with Crippen LogP contribution in [0.1, 0.15) is 17.2 Å². The van der Waals surface area contributed by atoms with Crippen molar-refractivity contribution in [1.29, 1.82) is 0 Å². The molecule has 0 fully saturated rings. The van der Waals surface area contributed by atoms with Crippen LogP contribution in [0.3, 0.4) is 0 Å². The van der Waals surface area contributed by atoms with E-state index in [2.05, 4.69) is 29.8 Å². The second-order valence-corrected chi connectivity index (χ2v) is 6.82. The van der Waals surface area contributed by atoms with Crippen LogP contribution < -0.4 is 4.74 Å².